The summed E-state index contributed by atoms with van der Waals surface area (Å²) >= 11 is 0. The molecule has 1 aromatic carbocycles. The summed E-state index contributed by atoms with van der Waals surface area (Å²) in [6, 6.07) is 8.40. The fourth-order valence-electron chi connectivity index (χ4n) is 3.03. The number of carbonyl (C=O) groups excluding carboxylic acids is 1. The van der Waals surface area contributed by atoms with Gasteiger partial charge in [0.15, 0.2) is 5.96 Å². The van der Waals surface area contributed by atoms with Gasteiger partial charge in [-0.05, 0) is 33.3 Å². The van der Waals surface area contributed by atoms with Gasteiger partial charge in [-0.1, -0.05) is 25.1 Å². The Kier molecular flexibility index (Phi) is 9.35. The van der Waals surface area contributed by atoms with E-state index in [2.05, 4.69) is 47.8 Å². The molecule has 27 heavy (non-hydrogen) atoms. The maximum Gasteiger partial charge on any atom is 0.221 e. The van der Waals surface area contributed by atoms with Crippen LogP contribution in [-0.4, -0.2) is 37.1 Å². The molecule has 0 saturated heterocycles. The van der Waals surface area contributed by atoms with E-state index < -0.39 is 0 Å². The zero-order valence-electron chi connectivity index (χ0n) is 17.0. The number of benzene rings is 1. The van der Waals surface area contributed by atoms with E-state index in [1.54, 1.807) is 7.05 Å². The number of guanidine groups is 1. The highest BCUT2D eigenvalue weighted by molar-refractivity contribution is 14.0. The number of carbonyl (C=O) groups is 1. The van der Waals surface area contributed by atoms with Crippen LogP contribution in [0, 0.1) is 0 Å². The molecule has 7 heteroatoms. The van der Waals surface area contributed by atoms with Gasteiger partial charge in [0.2, 0.25) is 5.91 Å². The Morgan fingerprint density at radius 1 is 1.37 bits per heavy atom. The fourth-order valence-corrected chi connectivity index (χ4v) is 3.03. The molecule has 0 aromatic heterocycles. The molecule has 2 atom stereocenters. The van der Waals surface area contributed by atoms with Crippen LogP contribution in [0.4, 0.5) is 0 Å². The standard InChI is InChI=1S/C20H32N4O2.HI/c1-6-14(2)23-18(25)11-12-22-19(21-5)24-16-13-20(3,4)26-17-10-8-7-9-15(16)17;/h7-10,14,16H,6,11-13H2,1-5H3,(H,23,25)(H2,21,22,24);1H. The molecule has 1 heterocycles. The Balaban J connectivity index is 0.00000364. The second kappa shape index (κ2) is 10.7. The Morgan fingerprint density at radius 2 is 2.07 bits per heavy atom. The predicted molar refractivity (Wildman–Crippen MR) is 121 cm³/mol. The van der Waals surface area contributed by atoms with Gasteiger partial charge in [0, 0.05) is 38.0 Å². The number of para-hydroxylation sites is 1. The number of hydrogen-bond donors (Lipinski definition) is 3. The van der Waals surface area contributed by atoms with Crippen molar-refractivity contribution in [3.05, 3.63) is 29.8 Å². The van der Waals surface area contributed by atoms with Crippen molar-refractivity contribution in [3.8, 4) is 5.75 Å². The molecular formula is C20H33IN4O2. The largest absolute Gasteiger partial charge is 0.487 e. The number of nitrogens with zero attached hydrogens (tertiary/aromatic N) is 1. The molecule has 1 aromatic rings. The fraction of sp³-hybridized carbons (Fsp3) is 0.600. The number of aliphatic imine (C=N–C) groups is 1. The van der Waals surface area contributed by atoms with Crippen LogP contribution in [0.1, 0.15) is 58.6 Å². The molecule has 1 aliphatic heterocycles. The molecule has 6 nitrogen and oxygen atoms in total. The first-order valence-electron chi connectivity index (χ1n) is 9.39. The van der Waals surface area contributed by atoms with Crippen LogP contribution in [0.2, 0.25) is 0 Å². The summed E-state index contributed by atoms with van der Waals surface area (Å²) in [5.74, 6) is 1.66. The summed E-state index contributed by atoms with van der Waals surface area (Å²) in [5, 5.41) is 9.68. The molecule has 1 amide bonds. The smallest absolute Gasteiger partial charge is 0.221 e. The summed E-state index contributed by atoms with van der Waals surface area (Å²) in [6.45, 7) is 8.79. The summed E-state index contributed by atoms with van der Waals surface area (Å²) in [5.41, 5.74) is 0.880. The first-order valence-corrected chi connectivity index (χ1v) is 9.39. The number of hydrogen-bond acceptors (Lipinski definition) is 3. The molecule has 0 bridgehead atoms. The van der Waals surface area contributed by atoms with E-state index in [1.807, 2.05) is 25.1 Å². The highest BCUT2D eigenvalue weighted by atomic mass is 127. The van der Waals surface area contributed by atoms with Crippen LogP contribution in [0.3, 0.4) is 0 Å². The Hall–Kier alpha value is -1.51. The second-order valence-electron chi connectivity index (χ2n) is 7.43. The normalized spacial score (nSPS) is 19.0. The van der Waals surface area contributed by atoms with Gasteiger partial charge in [-0.3, -0.25) is 9.79 Å². The first kappa shape index (κ1) is 23.5. The van der Waals surface area contributed by atoms with Crippen LogP contribution in [-0.2, 0) is 4.79 Å². The number of amides is 1. The average Bonchev–Trinajstić information content (AvgIpc) is 2.59. The predicted octanol–water partition coefficient (Wildman–Crippen LogP) is 3.38. The van der Waals surface area contributed by atoms with Crippen molar-refractivity contribution in [2.45, 2.75) is 64.6 Å². The van der Waals surface area contributed by atoms with Crippen molar-refractivity contribution >= 4 is 35.8 Å². The lowest BCUT2D eigenvalue weighted by atomic mass is 9.90. The molecule has 152 valence electrons. The second-order valence-corrected chi connectivity index (χ2v) is 7.43. The summed E-state index contributed by atoms with van der Waals surface area (Å²) in [6.07, 6.45) is 2.18. The minimum atomic E-state index is -0.249. The third-order valence-corrected chi connectivity index (χ3v) is 4.58. The van der Waals surface area contributed by atoms with E-state index >= 15 is 0 Å². The van der Waals surface area contributed by atoms with Crippen molar-refractivity contribution in [1.82, 2.24) is 16.0 Å². The minimum absolute atomic E-state index is 0. The van der Waals surface area contributed by atoms with Crippen LogP contribution in [0.5, 0.6) is 5.75 Å². The van der Waals surface area contributed by atoms with Gasteiger partial charge in [0.05, 0.1) is 6.04 Å². The van der Waals surface area contributed by atoms with Crippen molar-refractivity contribution in [2.24, 2.45) is 4.99 Å². The van der Waals surface area contributed by atoms with E-state index in [0.29, 0.717) is 18.9 Å². The van der Waals surface area contributed by atoms with Crippen LogP contribution in [0.15, 0.2) is 29.3 Å². The zero-order chi connectivity index (χ0) is 19.2. The van der Waals surface area contributed by atoms with E-state index in [1.165, 1.54) is 0 Å². The average molecular weight is 488 g/mol. The topological polar surface area (TPSA) is 74.8 Å². The number of halogens is 1. The third-order valence-electron chi connectivity index (χ3n) is 4.58. The van der Waals surface area contributed by atoms with Gasteiger partial charge in [-0.2, -0.15) is 0 Å². The summed E-state index contributed by atoms with van der Waals surface area (Å²) < 4.78 is 6.07. The maximum absolute atomic E-state index is 11.9. The van der Waals surface area contributed by atoms with Gasteiger partial charge in [-0.25, -0.2) is 0 Å². The van der Waals surface area contributed by atoms with E-state index in [4.69, 9.17) is 4.74 Å². The Labute approximate surface area is 179 Å². The van der Waals surface area contributed by atoms with Gasteiger partial charge in [-0.15, -0.1) is 24.0 Å². The molecular weight excluding hydrogens is 455 g/mol. The molecule has 2 unspecified atom stereocenters. The molecule has 1 aliphatic rings. The highest BCUT2D eigenvalue weighted by Crippen LogP contribution is 2.39. The van der Waals surface area contributed by atoms with Crippen molar-refractivity contribution in [3.63, 3.8) is 0 Å². The van der Waals surface area contributed by atoms with Crippen molar-refractivity contribution in [2.75, 3.05) is 13.6 Å². The lowest BCUT2D eigenvalue weighted by Crippen LogP contribution is -2.46. The SMILES string of the molecule is CCC(C)NC(=O)CCNC(=NC)NC1CC(C)(C)Oc2ccccc21.I. The van der Waals surface area contributed by atoms with Gasteiger partial charge < -0.3 is 20.7 Å². The van der Waals surface area contributed by atoms with E-state index in [9.17, 15) is 4.79 Å². The molecule has 0 radical (unpaired) electrons. The molecule has 0 aliphatic carbocycles. The molecule has 3 N–H and O–H groups in total. The van der Waals surface area contributed by atoms with Gasteiger partial charge in [0.1, 0.15) is 11.4 Å². The summed E-state index contributed by atoms with van der Waals surface area (Å²) in [4.78, 5) is 16.2. The first-order chi connectivity index (χ1) is 12.3. The Morgan fingerprint density at radius 3 is 2.74 bits per heavy atom. The van der Waals surface area contributed by atoms with Crippen molar-refractivity contribution < 1.29 is 9.53 Å². The molecule has 0 saturated carbocycles. The number of rotatable bonds is 6. The van der Waals surface area contributed by atoms with Crippen molar-refractivity contribution in [1.29, 1.82) is 0 Å². The lowest BCUT2D eigenvalue weighted by molar-refractivity contribution is -0.121. The molecule has 0 fully saturated rings. The third kappa shape index (κ3) is 7.20. The number of ether oxygens (including phenoxy) is 1. The van der Waals surface area contributed by atoms with Crippen LogP contribution in [0.25, 0.3) is 0 Å². The lowest BCUT2D eigenvalue weighted by Gasteiger charge is -2.38. The minimum Gasteiger partial charge on any atom is -0.487 e. The number of fused-ring (bicyclic) bond motifs is 1. The maximum atomic E-state index is 11.9. The van der Waals surface area contributed by atoms with Crippen LogP contribution >= 0.6 is 24.0 Å². The molecule has 0 spiro atoms. The van der Waals surface area contributed by atoms with E-state index in [0.717, 1.165) is 24.2 Å². The monoisotopic (exact) mass is 488 g/mol. The highest BCUT2D eigenvalue weighted by Gasteiger charge is 2.33. The van der Waals surface area contributed by atoms with Gasteiger partial charge in [0.25, 0.3) is 0 Å². The zero-order valence-corrected chi connectivity index (χ0v) is 19.3. The van der Waals surface area contributed by atoms with Gasteiger partial charge >= 0.3 is 0 Å². The van der Waals surface area contributed by atoms with E-state index in [-0.39, 0.29) is 47.6 Å². The Bertz CT molecular complexity index is 649. The van der Waals surface area contributed by atoms with Crippen LogP contribution < -0.4 is 20.7 Å². The summed E-state index contributed by atoms with van der Waals surface area (Å²) in [7, 11) is 1.74. The number of nitrogens with one attached hydrogen (secondary N) is 3. The molecule has 2 rings (SSSR count). The quantitative estimate of drug-likeness (QED) is 0.326.